The number of benzene rings is 1. The van der Waals surface area contributed by atoms with Crippen LogP contribution in [0.2, 0.25) is 0 Å². The van der Waals surface area contributed by atoms with Crippen molar-refractivity contribution in [3.05, 3.63) is 51.5 Å². The summed E-state index contributed by atoms with van der Waals surface area (Å²) in [6, 6.07) is 7.55. The van der Waals surface area contributed by atoms with Crippen LogP contribution in [0.25, 0.3) is 0 Å². The highest BCUT2D eigenvalue weighted by atomic mass is 32.1. The molecule has 0 aliphatic carbocycles. The minimum Gasteiger partial charge on any atom is -0.494 e. The van der Waals surface area contributed by atoms with E-state index in [1.165, 1.54) is 44.4 Å². The highest BCUT2D eigenvalue weighted by molar-refractivity contribution is 7.14. The van der Waals surface area contributed by atoms with Gasteiger partial charge in [0.2, 0.25) is 11.7 Å². The maximum atomic E-state index is 13.7. The van der Waals surface area contributed by atoms with Crippen LogP contribution in [0.15, 0.2) is 30.3 Å². The third kappa shape index (κ3) is 5.89. The second-order valence-corrected chi connectivity index (χ2v) is 6.99. The van der Waals surface area contributed by atoms with E-state index in [2.05, 4.69) is 5.32 Å². The highest BCUT2D eigenvalue weighted by Gasteiger charge is 2.21. The molecule has 1 atom stereocenters. The maximum absolute atomic E-state index is 13.7. The van der Waals surface area contributed by atoms with E-state index in [-0.39, 0.29) is 23.9 Å². The van der Waals surface area contributed by atoms with Gasteiger partial charge in [-0.25, -0.2) is 4.39 Å². The largest absolute Gasteiger partial charge is 0.494 e. The second-order valence-electron chi connectivity index (χ2n) is 5.82. The molecule has 0 spiro atoms. The van der Waals surface area contributed by atoms with Gasteiger partial charge in [0, 0.05) is 11.8 Å². The summed E-state index contributed by atoms with van der Waals surface area (Å²) < 4.78 is 23.7. The van der Waals surface area contributed by atoms with Gasteiger partial charge in [-0.1, -0.05) is 6.07 Å². The Hall–Kier alpha value is -2.74. The number of Topliss-reactive ketones (excluding diaryl/α,β-unsaturated/α-hetero) is 1. The maximum Gasteiger partial charge on any atom is 0.310 e. The molecule has 1 N–H and O–H groups in total. The molecule has 0 bridgehead atoms. The Balaban J connectivity index is 1.92. The number of rotatable bonds is 8. The monoisotopic (exact) mass is 393 g/mol. The van der Waals surface area contributed by atoms with Gasteiger partial charge in [0.25, 0.3) is 0 Å². The lowest BCUT2D eigenvalue weighted by atomic mass is 10.1. The van der Waals surface area contributed by atoms with Crippen molar-refractivity contribution >= 4 is 29.0 Å². The van der Waals surface area contributed by atoms with Crippen LogP contribution < -0.4 is 10.1 Å². The number of nitrogens with one attached hydrogen (secondary N) is 1. The lowest BCUT2D eigenvalue weighted by Crippen LogP contribution is -2.24. The molecule has 0 fully saturated rings. The minimum atomic E-state index is -0.965. The summed E-state index contributed by atoms with van der Waals surface area (Å²) in [5.41, 5.74) is 0.423. The molecule has 6 nitrogen and oxygen atoms in total. The normalized spacial score (nSPS) is 11.6. The van der Waals surface area contributed by atoms with Crippen LogP contribution >= 0.6 is 11.3 Å². The van der Waals surface area contributed by atoms with Crippen LogP contribution in [-0.4, -0.2) is 30.9 Å². The number of ketones is 1. The average Bonchev–Trinajstić information content (AvgIpc) is 3.08. The smallest absolute Gasteiger partial charge is 0.310 e. The number of hydrogen-bond donors (Lipinski definition) is 1. The lowest BCUT2D eigenvalue weighted by Gasteiger charge is -2.11. The molecular formula is C19H20FNO5S. The van der Waals surface area contributed by atoms with Crippen LogP contribution in [0, 0.1) is 5.82 Å². The minimum absolute atomic E-state index is 0.0865. The first kappa shape index (κ1) is 20.6. The number of carbonyl (C=O) groups excluding carboxylic acids is 3. The summed E-state index contributed by atoms with van der Waals surface area (Å²) in [7, 11) is 1.35. The summed E-state index contributed by atoms with van der Waals surface area (Å²) >= 11 is 1.23. The highest BCUT2D eigenvalue weighted by Crippen LogP contribution is 2.20. The Morgan fingerprint density at radius 2 is 1.96 bits per heavy atom. The third-order valence-electron chi connectivity index (χ3n) is 3.66. The number of halogens is 1. The van der Waals surface area contributed by atoms with Crippen molar-refractivity contribution in [1.82, 2.24) is 5.32 Å². The number of hydrogen-bond acceptors (Lipinski definition) is 6. The second kappa shape index (κ2) is 9.27. The molecule has 2 rings (SSSR count). The van der Waals surface area contributed by atoms with Crippen LogP contribution in [0.5, 0.6) is 5.75 Å². The zero-order valence-electron chi connectivity index (χ0n) is 15.2. The molecule has 1 amide bonds. The van der Waals surface area contributed by atoms with Crippen molar-refractivity contribution < 1.29 is 28.2 Å². The molecule has 0 aliphatic heterocycles. The van der Waals surface area contributed by atoms with Gasteiger partial charge in [-0.2, -0.15) is 0 Å². The van der Waals surface area contributed by atoms with E-state index in [4.69, 9.17) is 9.47 Å². The van der Waals surface area contributed by atoms with Gasteiger partial charge in [-0.05, 0) is 36.8 Å². The zero-order chi connectivity index (χ0) is 20.0. The fraction of sp³-hybridized carbons (Fsp3) is 0.316. The fourth-order valence-electron chi connectivity index (χ4n) is 2.30. The lowest BCUT2D eigenvalue weighted by molar-refractivity contribution is -0.145. The number of thiophene rings is 1. The molecule has 1 heterocycles. The number of methoxy groups -OCH3 is 1. The van der Waals surface area contributed by atoms with E-state index < -0.39 is 17.9 Å². The number of amides is 1. The first-order valence-corrected chi connectivity index (χ1v) is 9.01. The molecule has 1 unspecified atom stereocenters. The molecule has 0 saturated heterocycles. The molecule has 144 valence electrons. The van der Waals surface area contributed by atoms with Gasteiger partial charge in [0.05, 0.1) is 25.0 Å². The van der Waals surface area contributed by atoms with Crippen molar-refractivity contribution in [2.24, 2.45) is 0 Å². The van der Waals surface area contributed by atoms with Crippen molar-refractivity contribution in [2.45, 2.75) is 32.9 Å². The van der Waals surface area contributed by atoms with E-state index in [1.807, 2.05) is 0 Å². The molecule has 27 heavy (non-hydrogen) atoms. The standard InChI is InChI=1S/C19H20FNO5S/c1-11(19(24)17-7-5-14(27-17)10-21-12(2)22)26-18(23)9-13-4-6-16(25-3)15(20)8-13/h4-8,11H,9-10H2,1-3H3,(H,21,22). The van der Waals surface area contributed by atoms with Gasteiger partial charge in [0.15, 0.2) is 17.7 Å². The molecule has 0 saturated carbocycles. The fourth-order valence-corrected chi connectivity index (χ4v) is 3.26. The Morgan fingerprint density at radius 1 is 1.22 bits per heavy atom. The van der Waals surface area contributed by atoms with E-state index in [9.17, 15) is 18.8 Å². The zero-order valence-corrected chi connectivity index (χ0v) is 16.0. The molecule has 2 aromatic rings. The SMILES string of the molecule is COc1ccc(CC(=O)OC(C)C(=O)c2ccc(CNC(C)=O)s2)cc1F. The number of carbonyl (C=O) groups is 3. The van der Waals surface area contributed by atoms with Crippen LogP contribution in [0.1, 0.15) is 34.0 Å². The van der Waals surface area contributed by atoms with Crippen LogP contribution in [0.4, 0.5) is 4.39 Å². The van der Waals surface area contributed by atoms with E-state index in [0.717, 1.165) is 4.88 Å². The van der Waals surface area contributed by atoms with E-state index in [1.54, 1.807) is 18.2 Å². The Labute approximate surface area is 160 Å². The first-order valence-electron chi connectivity index (χ1n) is 8.19. The molecule has 0 aliphatic rings. The summed E-state index contributed by atoms with van der Waals surface area (Å²) in [5, 5.41) is 2.65. The topological polar surface area (TPSA) is 81.7 Å². The van der Waals surface area contributed by atoms with Crippen molar-refractivity contribution in [3.63, 3.8) is 0 Å². The molecule has 8 heteroatoms. The molecule has 1 aromatic heterocycles. The van der Waals surface area contributed by atoms with Gasteiger partial charge < -0.3 is 14.8 Å². The van der Waals surface area contributed by atoms with E-state index >= 15 is 0 Å². The first-order chi connectivity index (χ1) is 12.8. The summed E-state index contributed by atoms with van der Waals surface area (Å²) in [4.78, 5) is 36.6. The molecular weight excluding hydrogens is 373 g/mol. The number of esters is 1. The van der Waals surface area contributed by atoms with Gasteiger partial charge >= 0.3 is 5.97 Å². The van der Waals surface area contributed by atoms with E-state index in [0.29, 0.717) is 17.0 Å². The van der Waals surface area contributed by atoms with Gasteiger partial charge in [-0.3, -0.25) is 14.4 Å². The van der Waals surface area contributed by atoms with Crippen LogP contribution in [-0.2, 0) is 27.3 Å². The average molecular weight is 393 g/mol. The third-order valence-corrected chi connectivity index (χ3v) is 4.76. The summed E-state index contributed by atoms with van der Waals surface area (Å²) in [5.74, 6) is -1.60. The summed E-state index contributed by atoms with van der Waals surface area (Å²) in [6.45, 7) is 3.24. The van der Waals surface area contributed by atoms with Crippen molar-refractivity contribution in [1.29, 1.82) is 0 Å². The Bertz CT molecular complexity index is 848. The van der Waals surface area contributed by atoms with Crippen LogP contribution in [0.3, 0.4) is 0 Å². The van der Waals surface area contributed by atoms with Gasteiger partial charge in [-0.15, -0.1) is 11.3 Å². The van der Waals surface area contributed by atoms with Gasteiger partial charge in [0.1, 0.15) is 0 Å². The Morgan fingerprint density at radius 3 is 2.59 bits per heavy atom. The molecule has 1 aromatic carbocycles. The predicted molar refractivity (Wildman–Crippen MR) is 98.4 cm³/mol. The Kier molecular flexibility index (Phi) is 7.06. The van der Waals surface area contributed by atoms with Crippen molar-refractivity contribution in [2.75, 3.05) is 7.11 Å². The summed E-state index contributed by atoms with van der Waals surface area (Å²) in [6.07, 6.45) is -1.12. The number of ether oxygens (including phenoxy) is 2. The quantitative estimate of drug-likeness (QED) is 0.551. The molecule has 0 radical (unpaired) electrons. The van der Waals surface area contributed by atoms with Crippen molar-refractivity contribution in [3.8, 4) is 5.75 Å². The predicted octanol–water partition coefficient (Wildman–Crippen LogP) is 2.89.